The lowest BCUT2D eigenvalue weighted by Gasteiger charge is -2.14. The van der Waals surface area contributed by atoms with Gasteiger partial charge >= 0.3 is 5.97 Å². The van der Waals surface area contributed by atoms with Crippen LogP contribution in [0.1, 0.15) is 47.8 Å². The zero-order chi connectivity index (χ0) is 21.8. The standard InChI is InChI=1S/C27H25NO3/c1-3-18(2)25-16-26(23-10-6-7-11-24(23)28-25)31-17-19-12-14-20(15-13-19)21-8-4-5-9-22(21)27(29)30/h4-16,18H,3,17H2,1-2H3,(H,29,30). The molecular weight excluding hydrogens is 386 g/mol. The molecule has 4 rings (SSSR count). The van der Waals surface area contributed by atoms with E-state index in [9.17, 15) is 9.90 Å². The maximum atomic E-state index is 11.5. The van der Waals surface area contributed by atoms with Gasteiger partial charge in [-0.05, 0) is 47.2 Å². The number of aromatic nitrogens is 1. The third-order valence-corrected chi connectivity index (χ3v) is 5.63. The number of rotatable bonds is 7. The summed E-state index contributed by atoms with van der Waals surface area (Å²) in [6.07, 6.45) is 1.02. The van der Waals surface area contributed by atoms with Gasteiger partial charge in [-0.3, -0.25) is 4.98 Å². The Labute approximate surface area is 182 Å². The predicted molar refractivity (Wildman–Crippen MR) is 124 cm³/mol. The largest absolute Gasteiger partial charge is 0.488 e. The first-order valence-corrected chi connectivity index (χ1v) is 10.5. The molecule has 1 heterocycles. The first-order chi connectivity index (χ1) is 15.1. The SMILES string of the molecule is CCC(C)c1cc(OCc2ccc(-c3ccccc3C(=O)O)cc2)c2ccccc2n1. The zero-order valence-electron chi connectivity index (χ0n) is 17.7. The molecule has 1 atom stereocenters. The molecule has 4 heteroatoms. The second kappa shape index (κ2) is 9.00. The number of hydrogen-bond acceptors (Lipinski definition) is 3. The maximum Gasteiger partial charge on any atom is 0.336 e. The molecule has 0 amide bonds. The lowest BCUT2D eigenvalue weighted by Crippen LogP contribution is -2.01. The molecule has 0 fully saturated rings. The van der Waals surface area contributed by atoms with Crippen molar-refractivity contribution >= 4 is 16.9 Å². The second-order valence-corrected chi connectivity index (χ2v) is 7.71. The summed E-state index contributed by atoms with van der Waals surface area (Å²) < 4.78 is 6.21. The number of para-hydroxylation sites is 1. The van der Waals surface area contributed by atoms with E-state index in [1.165, 1.54) is 0 Å². The van der Waals surface area contributed by atoms with Gasteiger partial charge in [-0.2, -0.15) is 0 Å². The number of benzene rings is 3. The van der Waals surface area contributed by atoms with Crippen molar-refractivity contribution in [2.24, 2.45) is 0 Å². The van der Waals surface area contributed by atoms with E-state index in [1.807, 2.05) is 66.7 Å². The predicted octanol–water partition coefficient (Wildman–Crippen LogP) is 6.69. The van der Waals surface area contributed by atoms with Crippen LogP contribution in [0.4, 0.5) is 0 Å². The molecule has 4 nitrogen and oxygen atoms in total. The highest BCUT2D eigenvalue weighted by Crippen LogP contribution is 2.30. The molecule has 4 aromatic rings. The quantitative estimate of drug-likeness (QED) is 0.368. The van der Waals surface area contributed by atoms with E-state index in [2.05, 4.69) is 13.8 Å². The number of ether oxygens (including phenoxy) is 1. The Morgan fingerprint density at radius 1 is 1.00 bits per heavy atom. The number of carbonyl (C=O) groups is 1. The third kappa shape index (κ3) is 4.43. The smallest absolute Gasteiger partial charge is 0.336 e. The fourth-order valence-corrected chi connectivity index (χ4v) is 3.61. The van der Waals surface area contributed by atoms with E-state index >= 15 is 0 Å². The molecule has 0 aliphatic carbocycles. The molecule has 1 N–H and O–H groups in total. The topological polar surface area (TPSA) is 59.4 Å². The van der Waals surface area contributed by atoms with Crippen LogP contribution in [-0.2, 0) is 6.61 Å². The molecule has 0 spiro atoms. The molecule has 0 saturated carbocycles. The number of carboxylic acid groups (broad SMARTS) is 1. The van der Waals surface area contributed by atoms with Crippen molar-refractivity contribution in [1.29, 1.82) is 0 Å². The van der Waals surface area contributed by atoms with Gasteiger partial charge < -0.3 is 9.84 Å². The first-order valence-electron chi connectivity index (χ1n) is 10.5. The summed E-state index contributed by atoms with van der Waals surface area (Å²) in [4.78, 5) is 16.3. The minimum atomic E-state index is -0.926. The summed E-state index contributed by atoms with van der Waals surface area (Å²) in [5, 5.41) is 10.4. The van der Waals surface area contributed by atoms with Crippen molar-refractivity contribution in [3.63, 3.8) is 0 Å². The van der Waals surface area contributed by atoms with Crippen molar-refractivity contribution in [1.82, 2.24) is 4.98 Å². The van der Waals surface area contributed by atoms with Gasteiger partial charge in [0, 0.05) is 17.1 Å². The molecule has 1 aromatic heterocycles. The molecule has 31 heavy (non-hydrogen) atoms. The van der Waals surface area contributed by atoms with Gasteiger partial charge in [0.2, 0.25) is 0 Å². The van der Waals surface area contributed by atoms with Gasteiger partial charge in [0.25, 0.3) is 0 Å². The number of pyridine rings is 1. The van der Waals surface area contributed by atoms with E-state index in [0.29, 0.717) is 23.7 Å². The summed E-state index contributed by atoms with van der Waals surface area (Å²) in [6, 6.07) is 25.0. The maximum absolute atomic E-state index is 11.5. The van der Waals surface area contributed by atoms with Crippen LogP contribution < -0.4 is 4.74 Å². The lowest BCUT2D eigenvalue weighted by atomic mass is 9.99. The molecule has 0 saturated heterocycles. The van der Waals surface area contributed by atoms with Crippen molar-refractivity contribution in [3.05, 3.63) is 95.7 Å². The summed E-state index contributed by atoms with van der Waals surface area (Å²) in [5.74, 6) is 0.270. The highest BCUT2D eigenvalue weighted by atomic mass is 16.5. The monoisotopic (exact) mass is 411 g/mol. The number of fused-ring (bicyclic) bond motifs is 1. The second-order valence-electron chi connectivity index (χ2n) is 7.71. The van der Waals surface area contributed by atoms with Gasteiger partial charge in [-0.1, -0.05) is 68.4 Å². The van der Waals surface area contributed by atoms with E-state index in [1.54, 1.807) is 12.1 Å². The van der Waals surface area contributed by atoms with E-state index in [0.717, 1.165) is 39.9 Å². The van der Waals surface area contributed by atoms with E-state index < -0.39 is 5.97 Å². The highest BCUT2D eigenvalue weighted by molar-refractivity contribution is 5.96. The molecule has 0 aliphatic rings. The molecule has 1 unspecified atom stereocenters. The minimum Gasteiger partial charge on any atom is -0.488 e. The van der Waals surface area contributed by atoms with Gasteiger partial charge in [-0.15, -0.1) is 0 Å². The first kappa shape index (κ1) is 20.6. The fraction of sp³-hybridized carbons (Fsp3) is 0.185. The average molecular weight is 412 g/mol. The summed E-state index contributed by atoms with van der Waals surface area (Å²) >= 11 is 0. The van der Waals surface area contributed by atoms with Crippen LogP contribution in [0, 0.1) is 0 Å². The van der Waals surface area contributed by atoms with Crippen LogP contribution in [-0.4, -0.2) is 16.1 Å². The molecule has 0 aliphatic heterocycles. The van der Waals surface area contributed by atoms with Crippen LogP contribution >= 0.6 is 0 Å². The number of hydrogen-bond donors (Lipinski definition) is 1. The molecular formula is C27H25NO3. The highest BCUT2D eigenvalue weighted by Gasteiger charge is 2.13. The Bertz CT molecular complexity index is 1210. The van der Waals surface area contributed by atoms with Crippen LogP contribution in [0.2, 0.25) is 0 Å². The van der Waals surface area contributed by atoms with Gasteiger partial charge in [-0.25, -0.2) is 4.79 Å². The normalized spacial score (nSPS) is 11.9. The number of aromatic carboxylic acids is 1. The Balaban J connectivity index is 1.58. The Morgan fingerprint density at radius 3 is 2.45 bits per heavy atom. The molecule has 156 valence electrons. The summed E-state index contributed by atoms with van der Waals surface area (Å²) in [6.45, 7) is 4.76. The van der Waals surface area contributed by atoms with Gasteiger partial charge in [0.15, 0.2) is 0 Å². The number of carboxylic acids is 1. The van der Waals surface area contributed by atoms with Crippen molar-refractivity contribution < 1.29 is 14.6 Å². The van der Waals surface area contributed by atoms with Crippen molar-refractivity contribution in [3.8, 4) is 16.9 Å². The zero-order valence-corrected chi connectivity index (χ0v) is 17.7. The Morgan fingerprint density at radius 2 is 1.71 bits per heavy atom. The summed E-state index contributed by atoms with van der Waals surface area (Å²) in [5.41, 5.74) is 4.87. The van der Waals surface area contributed by atoms with Crippen LogP contribution in [0.25, 0.3) is 22.0 Å². The van der Waals surface area contributed by atoms with E-state index in [-0.39, 0.29) is 0 Å². The van der Waals surface area contributed by atoms with Gasteiger partial charge in [0.1, 0.15) is 12.4 Å². The van der Waals surface area contributed by atoms with Gasteiger partial charge in [0.05, 0.1) is 11.1 Å². The van der Waals surface area contributed by atoms with Crippen LogP contribution in [0.15, 0.2) is 78.9 Å². The number of nitrogens with zero attached hydrogens (tertiary/aromatic N) is 1. The van der Waals surface area contributed by atoms with E-state index in [4.69, 9.17) is 9.72 Å². The molecule has 0 radical (unpaired) electrons. The molecule has 0 bridgehead atoms. The molecule has 3 aromatic carbocycles. The van der Waals surface area contributed by atoms with Crippen LogP contribution in [0.5, 0.6) is 5.75 Å². The fourth-order valence-electron chi connectivity index (χ4n) is 3.61. The minimum absolute atomic E-state index is 0.298. The average Bonchev–Trinajstić information content (AvgIpc) is 2.82. The summed E-state index contributed by atoms with van der Waals surface area (Å²) in [7, 11) is 0. The third-order valence-electron chi connectivity index (χ3n) is 5.63. The Kier molecular flexibility index (Phi) is 5.99. The lowest BCUT2D eigenvalue weighted by molar-refractivity contribution is 0.0697. The Hall–Kier alpha value is -3.66. The van der Waals surface area contributed by atoms with Crippen LogP contribution in [0.3, 0.4) is 0 Å². The van der Waals surface area contributed by atoms with Crippen molar-refractivity contribution in [2.45, 2.75) is 32.8 Å². The van der Waals surface area contributed by atoms with Crippen molar-refractivity contribution in [2.75, 3.05) is 0 Å².